The molecule has 1 amide bonds. The van der Waals surface area contributed by atoms with Gasteiger partial charge >= 0.3 is 0 Å². The van der Waals surface area contributed by atoms with E-state index in [9.17, 15) is 4.79 Å². The lowest BCUT2D eigenvalue weighted by atomic mass is 10.1. The molecule has 1 N–H and O–H groups in total. The highest BCUT2D eigenvalue weighted by Crippen LogP contribution is 2.22. The van der Waals surface area contributed by atoms with Crippen molar-refractivity contribution in [3.05, 3.63) is 98.5 Å². The topological polar surface area (TPSA) is 56.1 Å². The molecule has 0 aliphatic heterocycles. The van der Waals surface area contributed by atoms with Crippen molar-refractivity contribution in [2.24, 2.45) is 0 Å². The molecule has 4 aromatic rings. The molecular formula is C24H22ClN3O2S. The number of rotatable bonds is 7. The maximum absolute atomic E-state index is 12.6. The Hall–Kier alpha value is -3.09. The average Bonchev–Trinajstić information content (AvgIpc) is 3.37. The number of amides is 1. The summed E-state index contributed by atoms with van der Waals surface area (Å²) in [6.45, 7) is 5.09. The van der Waals surface area contributed by atoms with Crippen LogP contribution in [0, 0.1) is 13.8 Å². The van der Waals surface area contributed by atoms with Crippen LogP contribution in [0.2, 0.25) is 5.02 Å². The van der Waals surface area contributed by atoms with E-state index >= 15 is 0 Å². The SMILES string of the molecule is Cc1ccc(OCc2csc(C(=O)Nc3cnn(Cc4cccc(Cl)c4)c3)c2)c(C)c1. The number of aryl methyl sites for hydroxylation is 2. The van der Waals surface area contributed by atoms with Crippen LogP contribution in [0.3, 0.4) is 0 Å². The Morgan fingerprint density at radius 3 is 2.84 bits per heavy atom. The second-order valence-electron chi connectivity index (χ2n) is 7.39. The number of halogens is 1. The van der Waals surface area contributed by atoms with Gasteiger partial charge in [0.25, 0.3) is 5.91 Å². The third kappa shape index (κ3) is 5.54. The molecule has 0 bridgehead atoms. The standard InChI is InChI=1S/C24H22ClN3O2S/c1-16-6-7-22(17(2)8-16)30-14-19-10-23(31-15-19)24(29)27-21-11-26-28(13-21)12-18-4-3-5-20(25)9-18/h3-11,13,15H,12,14H2,1-2H3,(H,27,29). The molecule has 0 unspecified atom stereocenters. The number of hydrogen-bond acceptors (Lipinski definition) is 4. The van der Waals surface area contributed by atoms with Crippen molar-refractivity contribution < 1.29 is 9.53 Å². The number of benzene rings is 2. The number of hydrogen-bond donors (Lipinski definition) is 1. The zero-order valence-corrected chi connectivity index (χ0v) is 18.8. The number of aromatic nitrogens is 2. The van der Waals surface area contributed by atoms with Gasteiger partial charge in [-0.25, -0.2) is 0 Å². The predicted molar refractivity (Wildman–Crippen MR) is 125 cm³/mol. The average molecular weight is 452 g/mol. The second-order valence-corrected chi connectivity index (χ2v) is 8.74. The first-order chi connectivity index (χ1) is 15.0. The van der Waals surface area contributed by atoms with Crippen molar-refractivity contribution in [1.29, 1.82) is 0 Å². The molecule has 0 atom stereocenters. The number of anilines is 1. The van der Waals surface area contributed by atoms with Gasteiger partial charge in [-0.15, -0.1) is 11.3 Å². The quantitative estimate of drug-likeness (QED) is 0.369. The highest BCUT2D eigenvalue weighted by atomic mass is 35.5. The Morgan fingerprint density at radius 2 is 2.03 bits per heavy atom. The summed E-state index contributed by atoms with van der Waals surface area (Å²) in [5.74, 6) is 0.694. The fraction of sp³-hybridized carbons (Fsp3) is 0.167. The summed E-state index contributed by atoms with van der Waals surface area (Å²) in [6.07, 6.45) is 3.44. The summed E-state index contributed by atoms with van der Waals surface area (Å²) in [7, 11) is 0. The predicted octanol–water partition coefficient (Wildman–Crippen LogP) is 6.09. The summed E-state index contributed by atoms with van der Waals surface area (Å²) in [4.78, 5) is 13.2. The van der Waals surface area contributed by atoms with Crippen LogP contribution in [-0.4, -0.2) is 15.7 Å². The molecule has 0 saturated heterocycles. The van der Waals surface area contributed by atoms with E-state index in [1.54, 1.807) is 17.1 Å². The third-order valence-corrected chi connectivity index (χ3v) is 5.94. The molecule has 4 rings (SSSR count). The lowest BCUT2D eigenvalue weighted by Gasteiger charge is -2.08. The largest absolute Gasteiger partial charge is 0.489 e. The molecule has 2 heterocycles. The lowest BCUT2D eigenvalue weighted by molar-refractivity contribution is 0.103. The maximum Gasteiger partial charge on any atom is 0.265 e. The zero-order chi connectivity index (χ0) is 21.8. The molecule has 7 heteroatoms. The van der Waals surface area contributed by atoms with E-state index in [0.29, 0.717) is 28.7 Å². The van der Waals surface area contributed by atoms with Crippen molar-refractivity contribution >= 4 is 34.5 Å². The first-order valence-electron chi connectivity index (χ1n) is 9.82. The van der Waals surface area contributed by atoms with Gasteiger partial charge < -0.3 is 10.1 Å². The summed E-state index contributed by atoms with van der Waals surface area (Å²) in [5, 5.41) is 9.85. The number of carbonyl (C=O) groups excluding carboxylic acids is 1. The van der Waals surface area contributed by atoms with E-state index in [4.69, 9.17) is 16.3 Å². The fourth-order valence-corrected chi connectivity index (χ4v) is 4.23. The Bertz CT molecular complexity index is 1220. The van der Waals surface area contributed by atoms with Crippen molar-refractivity contribution in [3.63, 3.8) is 0 Å². The molecule has 2 aromatic heterocycles. The zero-order valence-electron chi connectivity index (χ0n) is 17.3. The number of carbonyl (C=O) groups is 1. The molecule has 0 aliphatic carbocycles. The third-order valence-electron chi connectivity index (χ3n) is 4.73. The van der Waals surface area contributed by atoms with Gasteiger partial charge in [-0.1, -0.05) is 41.4 Å². The van der Waals surface area contributed by atoms with Gasteiger partial charge in [0, 0.05) is 16.8 Å². The van der Waals surface area contributed by atoms with E-state index in [2.05, 4.69) is 23.4 Å². The summed E-state index contributed by atoms with van der Waals surface area (Å²) >= 11 is 7.43. The van der Waals surface area contributed by atoms with Crippen LogP contribution in [0.15, 0.2) is 66.3 Å². The highest BCUT2D eigenvalue weighted by Gasteiger charge is 2.12. The van der Waals surface area contributed by atoms with Crippen LogP contribution in [0.1, 0.15) is 31.9 Å². The van der Waals surface area contributed by atoms with E-state index in [1.807, 2.05) is 54.8 Å². The molecule has 2 aromatic carbocycles. The number of thiophene rings is 1. The first kappa shape index (κ1) is 21.2. The van der Waals surface area contributed by atoms with E-state index in [0.717, 1.165) is 22.4 Å². The maximum atomic E-state index is 12.6. The molecule has 0 aliphatic rings. The molecule has 158 valence electrons. The van der Waals surface area contributed by atoms with E-state index in [1.165, 1.54) is 16.9 Å². The fourth-order valence-electron chi connectivity index (χ4n) is 3.22. The van der Waals surface area contributed by atoms with Gasteiger partial charge in [0.05, 0.1) is 23.3 Å². The Morgan fingerprint density at radius 1 is 1.16 bits per heavy atom. The Kier molecular flexibility index (Phi) is 6.39. The van der Waals surface area contributed by atoms with Crippen LogP contribution in [0.5, 0.6) is 5.75 Å². The number of nitrogens with zero attached hydrogens (tertiary/aromatic N) is 2. The van der Waals surface area contributed by atoms with Crippen LogP contribution in [0.25, 0.3) is 0 Å². The second kappa shape index (κ2) is 9.37. The van der Waals surface area contributed by atoms with Crippen LogP contribution in [-0.2, 0) is 13.2 Å². The highest BCUT2D eigenvalue weighted by molar-refractivity contribution is 7.12. The molecule has 0 saturated carbocycles. The first-order valence-corrected chi connectivity index (χ1v) is 11.1. The van der Waals surface area contributed by atoms with Gasteiger partial charge in [0.15, 0.2) is 0 Å². The number of nitrogens with one attached hydrogen (secondary N) is 1. The van der Waals surface area contributed by atoms with Gasteiger partial charge in [-0.2, -0.15) is 5.10 Å². The van der Waals surface area contributed by atoms with Crippen LogP contribution >= 0.6 is 22.9 Å². The molecule has 0 radical (unpaired) electrons. The van der Waals surface area contributed by atoms with Crippen LogP contribution in [0.4, 0.5) is 5.69 Å². The Balaban J connectivity index is 1.34. The monoisotopic (exact) mass is 451 g/mol. The molecule has 5 nitrogen and oxygen atoms in total. The Labute approximate surface area is 190 Å². The summed E-state index contributed by atoms with van der Waals surface area (Å²) in [6, 6.07) is 15.6. The van der Waals surface area contributed by atoms with E-state index in [-0.39, 0.29) is 5.91 Å². The normalized spacial score (nSPS) is 10.8. The molecule has 0 fully saturated rings. The van der Waals surface area contributed by atoms with Crippen molar-refractivity contribution in [2.75, 3.05) is 5.32 Å². The smallest absolute Gasteiger partial charge is 0.265 e. The van der Waals surface area contributed by atoms with Gasteiger partial charge in [0.1, 0.15) is 12.4 Å². The molecular weight excluding hydrogens is 430 g/mol. The van der Waals surface area contributed by atoms with E-state index < -0.39 is 0 Å². The van der Waals surface area contributed by atoms with Gasteiger partial charge in [-0.05, 0) is 54.6 Å². The van der Waals surface area contributed by atoms with Gasteiger partial charge in [0.2, 0.25) is 0 Å². The summed E-state index contributed by atoms with van der Waals surface area (Å²) < 4.78 is 7.67. The molecule has 31 heavy (non-hydrogen) atoms. The van der Waals surface area contributed by atoms with Crippen LogP contribution < -0.4 is 10.1 Å². The minimum absolute atomic E-state index is 0.162. The van der Waals surface area contributed by atoms with Crippen molar-refractivity contribution in [1.82, 2.24) is 9.78 Å². The van der Waals surface area contributed by atoms with Crippen molar-refractivity contribution in [2.45, 2.75) is 27.0 Å². The number of ether oxygens (including phenoxy) is 1. The minimum Gasteiger partial charge on any atom is -0.489 e. The molecule has 0 spiro atoms. The lowest BCUT2D eigenvalue weighted by Crippen LogP contribution is -2.09. The van der Waals surface area contributed by atoms with Gasteiger partial charge in [-0.3, -0.25) is 9.48 Å². The van der Waals surface area contributed by atoms with Crippen molar-refractivity contribution in [3.8, 4) is 5.75 Å². The minimum atomic E-state index is -0.162. The summed E-state index contributed by atoms with van der Waals surface area (Å²) in [5.41, 5.74) is 4.96.